The predicted octanol–water partition coefficient (Wildman–Crippen LogP) is 1.80. The Morgan fingerprint density at radius 1 is 1.48 bits per heavy atom. The lowest BCUT2D eigenvalue weighted by atomic mass is 10.2. The van der Waals surface area contributed by atoms with Crippen LogP contribution in [-0.2, 0) is 14.3 Å². The standard InChI is InChI=1S/C14H18N2O5/c1-14(2,3)21-13(19)16-10(12(17)18)8-20-11(16)9-5-4-6-15-7-9/h4-7,10-11H,8H2,1-3H3,(H,17,18). The topological polar surface area (TPSA) is 89.0 Å². The molecule has 7 nitrogen and oxygen atoms in total. The quantitative estimate of drug-likeness (QED) is 0.894. The molecule has 7 heteroatoms. The van der Waals surface area contributed by atoms with E-state index in [0.29, 0.717) is 5.56 Å². The van der Waals surface area contributed by atoms with Gasteiger partial charge in [0.2, 0.25) is 0 Å². The Morgan fingerprint density at radius 2 is 2.19 bits per heavy atom. The molecule has 2 atom stereocenters. The van der Waals surface area contributed by atoms with Gasteiger partial charge < -0.3 is 14.6 Å². The van der Waals surface area contributed by atoms with Gasteiger partial charge in [-0.3, -0.25) is 9.88 Å². The van der Waals surface area contributed by atoms with E-state index in [1.165, 1.54) is 6.20 Å². The Hall–Kier alpha value is -2.15. The van der Waals surface area contributed by atoms with Crippen LogP contribution in [0.5, 0.6) is 0 Å². The minimum absolute atomic E-state index is 0.0891. The summed E-state index contributed by atoms with van der Waals surface area (Å²) in [5.74, 6) is -1.13. The normalized spacial score (nSPS) is 22.1. The zero-order valence-electron chi connectivity index (χ0n) is 12.1. The van der Waals surface area contributed by atoms with Crippen molar-refractivity contribution in [2.24, 2.45) is 0 Å². The van der Waals surface area contributed by atoms with Crippen LogP contribution in [-0.4, -0.2) is 45.3 Å². The molecule has 1 aliphatic rings. The molecule has 2 unspecified atom stereocenters. The Labute approximate surface area is 122 Å². The molecule has 1 N–H and O–H groups in total. The first-order valence-electron chi connectivity index (χ1n) is 6.55. The average Bonchev–Trinajstić information content (AvgIpc) is 2.82. The van der Waals surface area contributed by atoms with E-state index >= 15 is 0 Å². The molecule has 1 saturated heterocycles. The van der Waals surface area contributed by atoms with Crippen LogP contribution in [0.15, 0.2) is 24.5 Å². The molecule has 0 spiro atoms. The van der Waals surface area contributed by atoms with E-state index in [0.717, 1.165) is 4.90 Å². The second-order valence-corrected chi connectivity index (χ2v) is 5.71. The first-order chi connectivity index (χ1) is 9.79. The average molecular weight is 294 g/mol. The SMILES string of the molecule is CC(C)(C)OC(=O)N1C(C(=O)O)COC1c1cccnc1. The highest BCUT2D eigenvalue weighted by molar-refractivity contribution is 5.81. The maximum atomic E-state index is 12.3. The number of nitrogens with zero attached hydrogens (tertiary/aromatic N) is 2. The van der Waals surface area contributed by atoms with E-state index in [9.17, 15) is 14.7 Å². The summed E-state index contributed by atoms with van der Waals surface area (Å²) in [5.41, 5.74) is -0.116. The van der Waals surface area contributed by atoms with E-state index in [-0.39, 0.29) is 6.61 Å². The Balaban J connectivity index is 2.29. The summed E-state index contributed by atoms with van der Waals surface area (Å²) in [7, 11) is 0. The smallest absolute Gasteiger partial charge is 0.413 e. The molecule has 1 fully saturated rings. The maximum Gasteiger partial charge on any atom is 0.413 e. The number of hydrogen-bond donors (Lipinski definition) is 1. The van der Waals surface area contributed by atoms with Gasteiger partial charge in [0.25, 0.3) is 0 Å². The Morgan fingerprint density at radius 3 is 2.71 bits per heavy atom. The number of aromatic nitrogens is 1. The maximum absolute atomic E-state index is 12.3. The summed E-state index contributed by atoms with van der Waals surface area (Å²) in [5, 5.41) is 9.25. The Bertz CT molecular complexity index is 526. The van der Waals surface area contributed by atoms with Gasteiger partial charge in [-0.05, 0) is 26.8 Å². The zero-order chi connectivity index (χ0) is 15.6. The van der Waals surface area contributed by atoms with Crippen LogP contribution in [0.25, 0.3) is 0 Å². The number of carboxylic acids is 1. The number of rotatable bonds is 2. The largest absolute Gasteiger partial charge is 0.480 e. The fourth-order valence-corrected chi connectivity index (χ4v) is 2.01. The van der Waals surface area contributed by atoms with Crippen LogP contribution in [0.2, 0.25) is 0 Å². The fourth-order valence-electron chi connectivity index (χ4n) is 2.01. The van der Waals surface area contributed by atoms with Crippen molar-refractivity contribution in [1.82, 2.24) is 9.88 Å². The summed E-state index contributed by atoms with van der Waals surface area (Å²) in [6.07, 6.45) is 1.59. The third kappa shape index (κ3) is 3.49. The molecule has 1 aliphatic heterocycles. The van der Waals surface area contributed by atoms with Crippen molar-refractivity contribution < 1.29 is 24.2 Å². The van der Waals surface area contributed by atoms with Gasteiger partial charge in [0.05, 0.1) is 6.61 Å². The molecular weight excluding hydrogens is 276 g/mol. The molecule has 1 aromatic heterocycles. The molecule has 0 aromatic carbocycles. The number of pyridine rings is 1. The van der Waals surface area contributed by atoms with Crippen molar-refractivity contribution in [2.75, 3.05) is 6.61 Å². The highest BCUT2D eigenvalue weighted by atomic mass is 16.6. The second kappa shape index (κ2) is 5.69. The van der Waals surface area contributed by atoms with Gasteiger partial charge in [-0.1, -0.05) is 6.07 Å². The highest BCUT2D eigenvalue weighted by Crippen LogP contribution is 2.32. The minimum atomic E-state index is -1.13. The third-order valence-electron chi connectivity index (χ3n) is 2.86. The number of carboxylic acid groups (broad SMARTS) is 1. The highest BCUT2D eigenvalue weighted by Gasteiger charge is 2.44. The molecule has 114 valence electrons. The van der Waals surface area contributed by atoms with Gasteiger partial charge in [0, 0.05) is 18.0 Å². The van der Waals surface area contributed by atoms with Crippen molar-refractivity contribution in [1.29, 1.82) is 0 Å². The van der Waals surface area contributed by atoms with Crippen molar-refractivity contribution in [2.45, 2.75) is 38.6 Å². The van der Waals surface area contributed by atoms with Crippen molar-refractivity contribution in [3.05, 3.63) is 30.1 Å². The van der Waals surface area contributed by atoms with Crippen LogP contribution in [0, 0.1) is 0 Å². The summed E-state index contributed by atoms with van der Waals surface area (Å²) in [6, 6.07) is 2.34. The van der Waals surface area contributed by atoms with Crippen molar-refractivity contribution in [3.8, 4) is 0 Å². The van der Waals surface area contributed by atoms with Gasteiger partial charge in [-0.25, -0.2) is 9.59 Å². The number of amides is 1. The molecule has 1 aromatic rings. The van der Waals surface area contributed by atoms with E-state index in [1.807, 2.05) is 0 Å². The third-order valence-corrected chi connectivity index (χ3v) is 2.86. The number of ether oxygens (including phenoxy) is 2. The number of aliphatic carboxylic acids is 1. The van der Waals surface area contributed by atoms with Gasteiger partial charge >= 0.3 is 12.1 Å². The van der Waals surface area contributed by atoms with Gasteiger partial charge in [0.15, 0.2) is 12.3 Å². The molecule has 0 aliphatic carbocycles. The van der Waals surface area contributed by atoms with Crippen LogP contribution < -0.4 is 0 Å². The van der Waals surface area contributed by atoms with E-state index in [4.69, 9.17) is 9.47 Å². The van der Waals surface area contributed by atoms with E-state index in [1.54, 1.807) is 39.1 Å². The number of hydrogen-bond acceptors (Lipinski definition) is 5. The lowest BCUT2D eigenvalue weighted by Crippen LogP contribution is -2.45. The summed E-state index contributed by atoms with van der Waals surface area (Å²) >= 11 is 0. The first-order valence-corrected chi connectivity index (χ1v) is 6.55. The molecule has 0 saturated carbocycles. The van der Waals surface area contributed by atoms with Gasteiger partial charge in [0.1, 0.15) is 5.60 Å². The summed E-state index contributed by atoms with van der Waals surface area (Å²) < 4.78 is 10.7. The van der Waals surface area contributed by atoms with E-state index in [2.05, 4.69) is 4.98 Å². The lowest BCUT2D eigenvalue weighted by Gasteiger charge is -2.29. The summed E-state index contributed by atoms with van der Waals surface area (Å²) in [4.78, 5) is 28.7. The molecular formula is C14H18N2O5. The van der Waals surface area contributed by atoms with Crippen LogP contribution in [0.3, 0.4) is 0 Å². The molecule has 2 rings (SSSR count). The van der Waals surface area contributed by atoms with Gasteiger partial charge in [-0.15, -0.1) is 0 Å². The van der Waals surface area contributed by atoms with Crippen molar-refractivity contribution >= 4 is 12.1 Å². The number of carbonyl (C=O) groups excluding carboxylic acids is 1. The zero-order valence-corrected chi connectivity index (χ0v) is 12.1. The van der Waals surface area contributed by atoms with Crippen LogP contribution in [0.4, 0.5) is 4.79 Å². The Kier molecular flexibility index (Phi) is 4.13. The molecule has 21 heavy (non-hydrogen) atoms. The monoisotopic (exact) mass is 294 g/mol. The molecule has 1 amide bonds. The number of carbonyl (C=O) groups is 2. The van der Waals surface area contributed by atoms with Gasteiger partial charge in [-0.2, -0.15) is 0 Å². The van der Waals surface area contributed by atoms with Crippen LogP contribution in [0.1, 0.15) is 32.6 Å². The lowest BCUT2D eigenvalue weighted by molar-refractivity contribution is -0.142. The predicted molar refractivity (Wildman–Crippen MR) is 72.4 cm³/mol. The molecule has 2 heterocycles. The minimum Gasteiger partial charge on any atom is -0.480 e. The first kappa shape index (κ1) is 15.2. The van der Waals surface area contributed by atoms with Crippen LogP contribution >= 0.6 is 0 Å². The molecule has 0 radical (unpaired) electrons. The summed E-state index contributed by atoms with van der Waals surface area (Å²) in [6.45, 7) is 5.07. The second-order valence-electron chi connectivity index (χ2n) is 5.71. The fraction of sp³-hybridized carbons (Fsp3) is 0.500. The van der Waals surface area contributed by atoms with E-state index < -0.39 is 29.9 Å². The molecule has 0 bridgehead atoms. The van der Waals surface area contributed by atoms with Crippen molar-refractivity contribution in [3.63, 3.8) is 0 Å².